The summed E-state index contributed by atoms with van der Waals surface area (Å²) in [4.78, 5) is 0.100. The summed E-state index contributed by atoms with van der Waals surface area (Å²) in [7, 11) is -0.850. The minimum absolute atomic E-state index is 0.0895. The lowest BCUT2D eigenvalue weighted by Gasteiger charge is -2.25. The highest BCUT2D eigenvalue weighted by Crippen LogP contribution is 2.36. The number of rotatable bonds is 7. The van der Waals surface area contributed by atoms with Gasteiger partial charge in [-0.3, -0.25) is 4.31 Å². The number of hydrogen-bond donors (Lipinski definition) is 0. The highest BCUT2D eigenvalue weighted by Gasteiger charge is 2.27. The van der Waals surface area contributed by atoms with E-state index in [1.807, 2.05) is 0 Å². The molecule has 0 amide bonds. The van der Waals surface area contributed by atoms with Gasteiger partial charge < -0.3 is 18.9 Å². The second-order valence-electron chi connectivity index (χ2n) is 5.67. The maximum atomic E-state index is 13.3. The summed E-state index contributed by atoms with van der Waals surface area (Å²) in [5, 5.41) is 0. The molecule has 0 N–H and O–H groups in total. The zero-order valence-electron chi connectivity index (χ0n) is 15.2. The maximum absolute atomic E-state index is 13.3. The lowest BCUT2D eigenvalue weighted by atomic mass is 10.2. The van der Waals surface area contributed by atoms with Crippen LogP contribution in [-0.4, -0.2) is 42.4 Å². The Hall–Kier alpha value is -2.87. The summed E-state index contributed by atoms with van der Waals surface area (Å²) in [6.45, 7) is 4.58. The van der Waals surface area contributed by atoms with Crippen LogP contribution in [0.4, 0.5) is 5.69 Å². The van der Waals surface area contributed by atoms with Crippen LogP contribution in [0.1, 0.15) is 0 Å². The number of hydrogen-bond acceptors (Lipinski definition) is 6. The molecule has 3 rings (SSSR count). The molecule has 0 bridgehead atoms. The molecule has 0 spiro atoms. The fraction of sp³-hybridized carbons (Fsp3) is 0.263. The van der Waals surface area contributed by atoms with Gasteiger partial charge in [0, 0.05) is 12.1 Å². The van der Waals surface area contributed by atoms with E-state index in [2.05, 4.69) is 6.58 Å². The smallest absolute Gasteiger partial charge is 0.264 e. The van der Waals surface area contributed by atoms with Crippen LogP contribution in [0.15, 0.2) is 53.9 Å². The molecule has 144 valence electrons. The van der Waals surface area contributed by atoms with Gasteiger partial charge in [-0.25, -0.2) is 8.42 Å². The first kappa shape index (κ1) is 18.9. The molecule has 1 aliphatic rings. The van der Waals surface area contributed by atoms with E-state index in [9.17, 15) is 8.42 Å². The standard InChI is InChI=1S/C19H21NO6S/c1-4-9-20(14-5-7-16(23-2)18(12-14)24-3)27(21,22)15-6-8-17-19(13-15)26-11-10-25-17/h4-8,12-13H,1,9-11H2,2-3H3. The first-order valence-corrected chi connectivity index (χ1v) is 9.70. The largest absolute Gasteiger partial charge is 0.493 e. The van der Waals surface area contributed by atoms with E-state index in [-0.39, 0.29) is 11.4 Å². The molecule has 2 aromatic rings. The van der Waals surface area contributed by atoms with Gasteiger partial charge in [0.25, 0.3) is 10.0 Å². The van der Waals surface area contributed by atoms with Crippen LogP contribution < -0.4 is 23.3 Å². The van der Waals surface area contributed by atoms with E-state index >= 15 is 0 Å². The zero-order valence-corrected chi connectivity index (χ0v) is 16.0. The predicted molar refractivity (Wildman–Crippen MR) is 102 cm³/mol. The van der Waals surface area contributed by atoms with Gasteiger partial charge >= 0.3 is 0 Å². The van der Waals surface area contributed by atoms with E-state index in [1.54, 1.807) is 24.3 Å². The van der Waals surface area contributed by atoms with E-state index < -0.39 is 10.0 Å². The Morgan fingerprint density at radius 2 is 1.74 bits per heavy atom. The minimum atomic E-state index is -3.86. The van der Waals surface area contributed by atoms with Crippen LogP contribution in [-0.2, 0) is 10.0 Å². The molecule has 0 atom stereocenters. The van der Waals surface area contributed by atoms with Gasteiger partial charge in [0.2, 0.25) is 0 Å². The number of fused-ring (bicyclic) bond motifs is 1. The molecular weight excluding hydrogens is 370 g/mol. The summed E-state index contributed by atoms with van der Waals surface area (Å²) in [5.41, 5.74) is 0.433. The lowest BCUT2D eigenvalue weighted by molar-refractivity contribution is 0.171. The third-order valence-electron chi connectivity index (χ3n) is 4.05. The van der Waals surface area contributed by atoms with Crippen molar-refractivity contribution in [3.63, 3.8) is 0 Å². The minimum Gasteiger partial charge on any atom is -0.493 e. The molecule has 0 saturated heterocycles. The highest BCUT2D eigenvalue weighted by atomic mass is 32.2. The number of nitrogens with zero attached hydrogens (tertiary/aromatic N) is 1. The van der Waals surface area contributed by atoms with Gasteiger partial charge in [0.1, 0.15) is 13.2 Å². The van der Waals surface area contributed by atoms with Gasteiger partial charge in [0.05, 0.1) is 31.3 Å². The fourth-order valence-corrected chi connectivity index (χ4v) is 4.19. The quantitative estimate of drug-likeness (QED) is 0.676. The van der Waals surface area contributed by atoms with Crippen molar-refractivity contribution in [1.29, 1.82) is 0 Å². The van der Waals surface area contributed by atoms with Crippen molar-refractivity contribution in [2.24, 2.45) is 0 Å². The van der Waals surface area contributed by atoms with Crippen LogP contribution in [0.2, 0.25) is 0 Å². The van der Waals surface area contributed by atoms with Crippen LogP contribution >= 0.6 is 0 Å². The molecule has 2 aromatic carbocycles. The highest BCUT2D eigenvalue weighted by molar-refractivity contribution is 7.92. The average molecular weight is 391 g/mol. The van der Waals surface area contributed by atoms with Crippen molar-refractivity contribution in [1.82, 2.24) is 0 Å². The van der Waals surface area contributed by atoms with Gasteiger partial charge in [-0.1, -0.05) is 6.08 Å². The monoisotopic (exact) mass is 391 g/mol. The van der Waals surface area contributed by atoms with E-state index in [1.165, 1.54) is 36.7 Å². The SMILES string of the molecule is C=CCN(c1ccc(OC)c(OC)c1)S(=O)(=O)c1ccc2c(c1)OCCO2. The Labute approximate surface area is 158 Å². The topological polar surface area (TPSA) is 74.3 Å². The molecule has 0 radical (unpaired) electrons. The number of ether oxygens (including phenoxy) is 4. The molecule has 0 aromatic heterocycles. The second-order valence-corrected chi connectivity index (χ2v) is 7.53. The normalized spacial score (nSPS) is 13.0. The van der Waals surface area contributed by atoms with Gasteiger partial charge in [0.15, 0.2) is 23.0 Å². The number of anilines is 1. The molecule has 8 heteroatoms. The van der Waals surface area contributed by atoms with Gasteiger partial charge in [-0.2, -0.15) is 0 Å². The molecule has 1 heterocycles. The zero-order chi connectivity index (χ0) is 19.4. The summed E-state index contributed by atoms with van der Waals surface area (Å²) in [5.74, 6) is 1.88. The van der Waals surface area contributed by atoms with Crippen LogP contribution in [0, 0.1) is 0 Å². The van der Waals surface area contributed by atoms with Crippen molar-refractivity contribution in [3.05, 3.63) is 49.1 Å². The van der Waals surface area contributed by atoms with Crippen molar-refractivity contribution < 1.29 is 27.4 Å². The first-order chi connectivity index (χ1) is 13.0. The van der Waals surface area contributed by atoms with Crippen LogP contribution in [0.25, 0.3) is 0 Å². The molecule has 1 aliphatic heterocycles. The number of sulfonamides is 1. The Morgan fingerprint density at radius 3 is 2.41 bits per heavy atom. The van der Waals surface area contributed by atoms with Crippen LogP contribution in [0.3, 0.4) is 0 Å². The third-order valence-corrected chi connectivity index (χ3v) is 5.84. The van der Waals surface area contributed by atoms with Gasteiger partial charge in [-0.15, -0.1) is 6.58 Å². The van der Waals surface area contributed by atoms with Crippen LogP contribution in [0.5, 0.6) is 23.0 Å². The van der Waals surface area contributed by atoms with Crippen molar-refractivity contribution in [3.8, 4) is 23.0 Å². The predicted octanol–water partition coefficient (Wildman–Crippen LogP) is 2.86. The average Bonchev–Trinajstić information content (AvgIpc) is 2.71. The maximum Gasteiger partial charge on any atom is 0.264 e. The van der Waals surface area contributed by atoms with Gasteiger partial charge in [-0.05, 0) is 24.3 Å². The van der Waals surface area contributed by atoms with Crippen molar-refractivity contribution in [2.45, 2.75) is 4.90 Å². The summed E-state index contributed by atoms with van der Waals surface area (Å²) in [6, 6.07) is 9.49. The Balaban J connectivity index is 2.04. The number of benzene rings is 2. The first-order valence-electron chi connectivity index (χ1n) is 8.26. The summed E-state index contributed by atoms with van der Waals surface area (Å²) in [6.07, 6.45) is 1.52. The summed E-state index contributed by atoms with van der Waals surface area (Å²) >= 11 is 0. The number of methoxy groups -OCH3 is 2. The Morgan fingerprint density at radius 1 is 1.04 bits per heavy atom. The molecule has 0 unspecified atom stereocenters. The molecule has 0 fully saturated rings. The Bertz CT molecular complexity index is 941. The lowest BCUT2D eigenvalue weighted by Crippen LogP contribution is -2.31. The fourth-order valence-electron chi connectivity index (χ4n) is 2.75. The molecule has 0 saturated carbocycles. The van der Waals surface area contributed by atoms with E-state index in [4.69, 9.17) is 18.9 Å². The molecule has 0 aliphatic carbocycles. The molecule has 7 nitrogen and oxygen atoms in total. The molecule has 27 heavy (non-hydrogen) atoms. The summed E-state index contributed by atoms with van der Waals surface area (Å²) < 4.78 is 49.3. The van der Waals surface area contributed by atoms with E-state index in [0.29, 0.717) is 41.9 Å². The second kappa shape index (κ2) is 7.79. The van der Waals surface area contributed by atoms with Crippen molar-refractivity contribution in [2.75, 3.05) is 38.3 Å². The molecular formula is C19H21NO6S. The van der Waals surface area contributed by atoms with Crippen molar-refractivity contribution >= 4 is 15.7 Å². The Kier molecular flexibility index (Phi) is 5.46. The third kappa shape index (κ3) is 3.66. The van der Waals surface area contributed by atoms with E-state index in [0.717, 1.165) is 0 Å².